The van der Waals surface area contributed by atoms with Gasteiger partial charge in [0.1, 0.15) is 0 Å². The highest BCUT2D eigenvalue weighted by Crippen LogP contribution is 2.26. The Balaban J connectivity index is 1.30. The van der Waals surface area contributed by atoms with Crippen LogP contribution in [-0.4, -0.2) is 58.6 Å². The second-order valence-electron chi connectivity index (χ2n) is 7.45. The first-order valence-electron chi connectivity index (χ1n) is 10.4. The Morgan fingerprint density at radius 2 is 1.79 bits per heavy atom. The fourth-order valence-corrected chi connectivity index (χ4v) is 6.98. The molecule has 14 heteroatoms. The van der Waals surface area contributed by atoms with Gasteiger partial charge in [-0.1, -0.05) is 29.5 Å². The number of nitrogens with one attached hydrogen (secondary N) is 2. The first-order chi connectivity index (χ1) is 16.3. The maximum atomic E-state index is 12.8. The highest BCUT2D eigenvalue weighted by Gasteiger charge is 2.26. The monoisotopic (exact) mass is 538 g/mol. The van der Waals surface area contributed by atoms with Gasteiger partial charge in [0.25, 0.3) is 5.91 Å². The maximum absolute atomic E-state index is 12.8. The molecule has 3 aromatic rings. The average Bonchev–Trinajstić information content (AvgIpc) is 3.46. The summed E-state index contributed by atoms with van der Waals surface area (Å²) < 4.78 is 27.5. The number of hydrogen-bond donors (Lipinski definition) is 2. The van der Waals surface area contributed by atoms with Crippen LogP contribution in [0.1, 0.15) is 35.3 Å². The van der Waals surface area contributed by atoms with Crippen molar-refractivity contribution in [2.45, 2.75) is 35.4 Å². The molecule has 0 bridgehead atoms. The number of carbonyl (C=O) groups excluding carboxylic acids is 2. The third kappa shape index (κ3) is 6.18. The van der Waals surface area contributed by atoms with E-state index in [2.05, 4.69) is 25.8 Å². The van der Waals surface area contributed by atoms with E-state index in [0.29, 0.717) is 28.1 Å². The van der Waals surface area contributed by atoms with Gasteiger partial charge in [-0.25, -0.2) is 13.4 Å². The van der Waals surface area contributed by atoms with Crippen molar-refractivity contribution in [3.63, 3.8) is 0 Å². The normalized spacial score (nSPS) is 14.6. The van der Waals surface area contributed by atoms with Crippen molar-refractivity contribution in [1.82, 2.24) is 19.5 Å². The molecular weight excluding hydrogens is 517 g/mol. The minimum Gasteiger partial charge on any atom is -0.301 e. The number of rotatable bonds is 8. The summed E-state index contributed by atoms with van der Waals surface area (Å²) in [5, 5.41) is 16.0. The fourth-order valence-electron chi connectivity index (χ4n) is 3.21. The summed E-state index contributed by atoms with van der Waals surface area (Å²) >= 11 is 3.71. The molecule has 4 rings (SSSR count). The lowest BCUT2D eigenvalue weighted by atomic mass is 10.2. The highest BCUT2D eigenvalue weighted by atomic mass is 32.2. The van der Waals surface area contributed by atoms with Crippen molar-refractivity contribution < 1.29 is 18.0 Å². The fraction of sp³-hybridized carbons (Fsp3) is 0.350. The lowest BCUT2D eigenvalue weighted by molar-refractivity contribution is -0.113. The van der Waals surface area contributed by atoms with Gasteiger partial charge in [0, 0.05) is 24.0 Å². The minimum atomic E-state index is -3.55. The summed E-state index contributed by atoms with van der Waals surface area (Å²) in [6.45, 7) is 2.90. The zero-order valence-electron chi connectivity index (χ0n) is 18.2. The Morgan fingerprint density at radius 1 is 1.06 bits per heavy atom. The summed E-state index contributed by atoms with van der Waals surface area (Å²) in [5.74, 6) is -0.500. The topological polar surface area (TPSA) is 134 Å². The predicted octanol–water partition coefficient (Wildman–Crippen LogP) is 3.46. The Bertz CT molecular complexity index is 1270. The minimum absolute atomic E-state index is 0.133. The highest BCUT2D eigenvalue weighted by molar-refractivity contribution is 8.01. The van der Waals surface area contributed by atoms with Gasteiger partial charge in [0.05, 0.1) is 16.3 Å². The molecule has 2 aromatic heterocycles. The number of aryl methyl sites for hydroxylation is 1. The summed E-state index contributed by atoms with van der Waals surface area (Å²) in [4.78, 5) is 28.9. The van der Waals surface area contributed by atoms with Crippen LogP contribution in [0.25, 0.3) is 0 Å². The number of thioether (sulfide) groups is 1. The Kier molecular flexibility index (Phi) is 7.93. The van der Waals surface area contributed by atoms with Crippen molar-refractivity contribution in [3.05, 3.63) is 40.9 Å². The third-order valence-electron chi connectivity index (χ3n) is 4.89. The largest absolute Gasteiger partial charge is 0.301 e. The summed E-state index contributed by atoms with van der Waals surface area (Å²) in [6, 6.07) is 5.85. The van der Waals surface area contributed by atoms with Crippen LogP contribution in [0.4, 0.5) is 10.3 Å². The molecule has 1 aliphatic heterocycles. The summed E-state index contributed by atoms with van der Waals surface area (Å²) in [7, 11) is -3.55. The molecular formula is C20H22N6O4S4. The number of sulfonamides is 1. The van der Waals surface area contributed by atoms with Crippen molar-refractivity contribution in [3.8, 4) is 0 Å². The van der Waals surface area contributed by atoms with Crippen molar-refractivity contribution in [2.75, 3.05) is 29.5 Å². The number of piperidine rings is 1. The zero-order valence-corrected chi connectivity index (χ0v) is 21.5. The average molecular weight is 539 g/mol. The van der Waals surface area contributed by atoms with Crippen LogP contribution >= 0.6 is 34.4 Å². The van der Waals surface area contributed by atoms with Gasteiger partial charge < -0.3 is 5.32 Å². The van der Waals surface area contributed by atoms with E-state index in [1.54, 1.807) is 0 Å². The molecule has 0 radical (unpaired) electrons. The Hall–Kier alpha value is -2.39. The molecule has 0 saturated carbocycles. The number of hydrogen-bond acceptors (Lipinski definition) is 10. The lowest BCUT2D eigenvalue weighted by Crippen LogP contribution is -2.35. The lowest BCUT2D eigenvalue weighted by Gasteiger charge is -2.25. The molecule has 10 nitrogen and oxygen atoms in total. The second kappa shape index (κ2) is 10.9. The number of benzene rings is 1. The third-order valence-corrected chi connectivity index (χ3v) is 9.65. The molecule has 1 aliphatic rings. The van der Waals surface area contributed by atoms with Crippen molar-refractivity contribution >= 4 is 66.5 Å². The Labute approximate surface area is 209 Å². The van der Waals surface area contributed by atoms with Gasteiger partial charge in [0.2, 0.25) is 21.1 Å². The van der Waals surface area contributed by atoms with Gasteiger partial charge in [-0.3, -0.25) is 14.9 Å². The second-order valence-corrected chi connectivity index (χ2v) is 12.4. The van der Waals surface area contributed by atoms with E-state index in [1.165, 1.54) is 51.7 Å². The zero-order chi connectivity index (χ0) is 24.1. The number of anilines is 2. The van der Waals surface area contributed by atoms with E-state index in [0.717, 1.165) is 36.3 Å². The summed E-state index contributed by atoms with van der Waals surface area (Å²) in [5.41, 5.74) is 1.15. The molecule has 0 spiro atoms. The van der Waals surface area contributed by atoms with Crippen LogP contribution in [0, 0.1) is 6.92 Å². The van der Waals surface area contributed by atoms with Crippen LogP contribution in [0.2, 0.25) is 0 Å². The number of nitrogens with zero attached hydrogens (tertiary/aromatic N) is 4. The smallest absolute Gasteiger partial charge is 0.257 e. The molecule has 1 aromatic carbocycles. The van der Waals surface area contributed by atoms with E-state index in [9.17, 15) is 18.0 Å². The van der Waals surface area contributed by atoms with Crippen molar-refractivity contribution in [2.24, 2.45) is 0 Å². The molecule has 3 heterocycles. The van der Waals surface area contributed by atoms with Gasteiger partial charge >= 0.3 is 0 Å². The van der Waals surface area contributed by atoms with E-state index in [4.69, 9.17) is 0 Å². The number of amides is 2. The van der Waals surface area contributed by atoms with Crippen LogP contribution in [0.3, 0.4) is 0 Å². The van der Waals surface area contributed by atoms with E-state index in [-0.39, 0.29) is 21.7 Å². The van der Waals surface area contributed by atoms with Crippen LogP contribution < -0.4 is 10.6 Å². The maximum Gasteiger partial charge on any atom is 0.257 e. The van der Waals surface area contributed by atoms with Gasteiger partial charge in [-0.15, -0.1) is 21.5 Å². The number of carbonyl (C=O) groups is 2. The molecule has 0 unspecified atom stereocenters. The molecule has 1 fully saturated rings. The van der Waals surface area contributed by atoms with Crippen LogP contribution in [-0.2, 0) is 14.8 Å². The molecule has 2 N–H and O–H groups in total. The first-order valence-corrected chi connectivity index (χ1v) is 14.5. The molecule has 0 atom stereocenters. The van der Waals surface area contributed by atoms with Crippen LogP contribution in [0.5, 0.6) is 0 Å². The Morgan fingerprint density at radius 3 is 2.47 bits per heavy atom. The van der Waals surface area contributed by atoms with Crippen molar-refractivity contribution in [1.29, 1.82) is 0 Å². The first kappa shape index (κ1) is 24.7. The quantitative estimate of drug-likeness (QED) is 0.329. The number of aromatic nitrogens is 3. The standard InChI is InChI=1S/C20H22N6O4S4/c1-13-11-31-18(21-13)22-16(27)12-32-20-25-24-19(33-20)23-17(28)14-5-7-15(8-6-14)34(29,30)26-9-3-2-4-10-26/h5-8,11H,2-4,9-10,12H2,1H3,(H,21,22,27)(H,23,24,28). The van der Waals surface area contributed by atoms with E-state index >= 15 is 0 Å². The molecule has 1 saturated heterocycles. The predicted molar refractivity (Wildman–Crippen MR) is 133 cm³/mol. The van der Waals surface area contributed by atoms with E-state index < -0.39 is 15.9 Å². The van der Waals surface area contributed by atoms with Gasteiger partial charge in [-0.2, -0.15) is 4.31 Å². The van der Waals surface area contributed by atoms with E-state index in [1.807, 2.05) is 12.3 Å². The van der Waals surface area contributed by atoms with Gasteiger partial charge in [-0.05, 0) is 44.0 Å². The van der Waals surface area contributed by atoms with Crippen LogP contribution in [0.15, 0.2) is 38.9 Å². The SMILES string of the molecule is Cc1csc(NC(=O)CSc2nnc(NC(=O)c3ccc(S(=O)(=O)N4CCCCC4)cc3)s2)n1. The summed E-state index contributed by atoms with van der Waals surface area (Å²) in [6.07, 6.45) is 2.76. The molecule has 34 heavy (non-hydrogen) atoms. The molecule has 2 amide bonds. The molecule has 0 aliphatic carbocycles. The number of thiazole rings is 1. The van der Waals surface area contributed by atoms with Gasteiger partial charge in [0.15, 0.2) is 9.47 Å². The molecule has 180 valence electrons.